The van der Waals surface area contributed by atoms with Gasteiger partial charge in [0.05, 0.1) is 18.2 Å². The standard InChI is InChI=1S/C15H19FN2O3/c1-2-21-15(20)11-4-3-7-18(9-11)14(19)10-5-6-13(17)12(16)8-10/h5-6,8,11H,2-4,7,9,17H2,1H3. The number of carbonyl (C=O) groups excluding carboxylic acids is 2. The predicted octanol–water partition coefficient (Wildman–Crippen LogP) is 1.82. The summed E-state index contributed by atoms with van der Waals surface area (Å²) in [4.78, 5) is 25.7. The third kappa shape index (κ3) is 3.51. The monoisotopic (exact) mass is 294 g/mol. The maximum absolute atomic E-state index is 13.4. The van der Waals surface area contributed by atoms with Crippen LogP contribution in [0.5, 0.6) is 0 Å². The van der Waals surface area contributed by atoms with Gasteiger partial charge in [0.15, 0.2) is 0 Å². The topological polar surface area (TPSA) is 72.6 Å². The van der Waals surface area contributed by atoms with E-state index in [1.807, 2.05) is 0 Å². The number of likely N-dealkylation sites (tertiary alicyclic amines) is 1. The Morgan fingerprint density at radius 1 is 1.48 bits per heavy atom. The van der Waals surface area contributed by atoms with E-state index in [1.54, 1.807) is 11.8 Å². The van der Waals surface area contributed by atoms with Crippen LogP contribution in [0.4, 0.5) is 10.1 Å². The third-order valence-electron chi connectivity index (χ3n) is 3.58. The van der Waals surface area contributed by atoms with Crippen LogP contribution in [0, 0.1) is 11.7 Å². The van der Waals surface area contributed by atoms with E-state index in [9.17, 15) is 14.0 Å². The lowest BCUT2D eigenvalue weighted by molar-refractivity contribution is -0.149. The maximum Gasteiger partial charge on any atom is 0.310 e. The second-order valence-corrected chi connectivity index (χ2v) is 5.08. The zero-order valence-corrected chi connectivity index (χ0v) is 12.0. The van der Waals surface area contributed by atoms with E-state index in [4.69, 9.17) is 10.5 Å². The molecule has 0 saturated carbocycles. The van der Waals surface area contributed by atoms with Crippen LogP contribution in [0.15, 0.2) is 18.2 Å². The third-order valence-corrected chi connectivity index (χ3v) is 3.58. The number of anilines is 1. The molecule has 0 aliphatic carbocycles. The summed E-state index contributed by atoms with van der Waals surface area (Å²) in [6.07, 6.45) is 1.44. The Hall–Kier alpha value is -2.11. The number of halogens is 1. The fraction of sp³-hybridized carbons (Fsp3) is 0.467. The number of nitrogen functional groups attached to an aromatic ring is 1. The predicted molar refractivity (Wildman–Crippen MR) is 76.1 cm³/mol. The fourth-order valence-corrected chi connectivity index (χ4v) is 2.46. The molecule has 114 valence electrons. The van der Waals surface area contributed by atoms with Crippen LogP contribution >= 0.6 is 0 Å². The smallest absolute Gasteiger partial charge is 0.310 e. The number of rotatable bonds is 3. The second-order valence-electron chi connectivity index (χ2n) is 5.08. The number of amides is 1. The molecule has 1 aromatic rings. The molecule has 1 saturated heterocycles. The molecule has 0 aromatic heterocycles. The van der Waals surface area contributed by atoms with Gasteiger partial charge in [-0.1, -0.05) is 0 Å². The number of benzene rings is 1. The van der Waals surface area contributed by atoms with Gasteiger partial charge in [-0.3, -0.25) is 9.59 Å². The van der Waals surface area contributed by atoms with E-state index in [0.29, 0.717) is 26.1 Å². The highest BCUT2D eigenvalue weighted by Crippen LogP contribution is 2.21. The first-order chi connectivity index (χ1) is 10.0. The van der Waals surface area contributed by atoms with Gasteiger partial charge in [-0.2, -0.15) is 0 Å². The first kappa shape index (κ1) is 15.3. The summed E-state index contributed by atoms with van der Waals surface area (Å²) >= 11 is 0. The van der Waals surface area contributed by atoms with Crippen molar-refractivity contribution >= 4 is 17.6 Å². The van der Waals surface area contributed by atoms with E-state index in [-0.39, 0.29) is 29.0 Å². The summed E-state index contributed by atoms with van der Waals surface area (Å²) in [6, 6.07) is 4.00. The highest BCUT2D eigenvalue weighted by molar-refractivity contribution is 5.95. The summed E-state index contributed by atoms with van der Waals surface area (Å²) < 4.78 is 18.4. The summed E-state index contributed by atoms with van der Waals surface area (Å²) in [5.74, 6) is -1.48. The Balaban J connectivity index is 2.08. The number of piperidine rings is 1. The molecular formula is C15H19FN2O3. The number of hydrogen-bond acceptors (Lipinski definition) is 4. The Morgan fingerprint density at radius 2 is 2.24 bits per heavy atom. The molecule has 1 atom stereocenters. The molecule has 2 rings (SSSR count). The van der Waals surface area contributed by atoms with Crippen molar-refractivity contribution in [3.05, 3.63) is 29.6 Å². The zero-order valence-electron chi connectivity index (χ0n) is 12.0. The van der Waals surface area contributed by atoms with Crippen LogP contribution < -0.4 is 5.73 Å². The highest BCUT2D eigenvalue weighted by Gasteiger charge is 2.29. The van der Waals surface area contributed by atoms with Gasteiger partial charge in [-0.15, -0.1) is 0 Å². The molecule has 6 heteroatoms. The first-order valence-electron chi connectivity index (χ1n) is 7.04. The van der Waals surface area contributed by atoms with Crippen LogP contribution in [0.2, 0.25) is 0 Å². The SMILES string of the molecule is CCOC(=O)C1CCCN(C(=O)c2ccc(N)c(F)c2)C1. The van der Waals surface area contributed by atoms with Gasteiger partial charge in [-0.05, 0) is 38.0 Å². The van der Waals surface area contributed by atoms with E-state index in [1.165, 1.54) is 12.1 Å². The number of carbonyl (C=O) groups is 2. The molecule has 0 spiro atoms. The number of esters is 1. The Bertz CT molecular complexity index is 548. The Morgan fingerprint density at radius 3 is 2.90 bits per heavy atom. The average Bonchev–Trinajstić information content (AvgIpc) is 2.49. The lowest BCUT2D eigenvalue weighted by Gasteiger charge is -2.31. The number of hydrogen-bond donors (Lipinski definition) is 1. The van der Waals surface area contributed by atoms with Gasteiger partial charge in [0.1, 0.15) is 5.82 Å². The molecule has 1 unspecified atom stereocenters. The molecule has 5 nitrogen and oxygen atoms in total. The van der Waals surface area contributed by atoms with Crippen molar-refractivity contribution < 1.29 is 18.7 Å². The first-order valence-corrected chi connectivity index (χ1v) is 7.04. The minimum absolute atomic E-state index is 0.00888. The molecule has 2 N–H and O–H groups in total. The summed E-state index contributed by atoms with van der Waals surface area (Å²) in [7, 11) is 0. The molecule has 21 heavy (non-hydrogen) atoms. The van der Waals surface area contributed by atoms with E-state index < -0.39 is 5.82 Å². The summed E-state index contributed by atoms with van der Waals surface area (Å²) in [5.41, 5.74) is 5.65. The summed E-state index contributed by atoms with van der Waals surface area (Å²) in [6.45, 7) is 2.94. The number of ether oxygens (including phenoxy) is 1. The van der Waals surface area contributed by atoms with Gasteiger partial charge in [-0.25, -0.2) is 4.39 Å². The van der Waals surface area contributed by atoms with Crippen molar-refractivity contribution in [2.45, 2.75) is 19.8 Å². The van der Waals surface area contributed by atoms with Gasteiger partial charge in [0, 0.05) is 18.7 Å². The van der Waals surface area contributed by atoms with Gasteiger partial charge in [0.2, 0.25) is 0 Å². The molecule has 1 aliphatic rings. The second kappa shape index (κ2) is 6.56. The van der Waals surface area contributed by atoms with Crippen LogP contribution in [-0.4, -0.2) is 36.5 Å². The average molecular weight is 294 g/mol. The van der Waals surface area contributed by atoms with Crippen molar-refractivity contribution in [2.24, 2.45) is 5.92 Å². The summed E-state index contributed by atoms with van der Waals surface area (Å²) in [5, 5.41) is 0. The van der Waals surface area contributed by atoms with Crippen molar-refractivity contribution in [2.75, 3.05) is 25.4 Å². The molecular weight excluding hydrogens is 275 g/mol. The number of nitrogens with two attached hydrogens (primary N) is 1. The highest BCUT2D eigenvalue weighted by atomic mass is 19.1. The van der Waals surface area contributed by atoms with Crippen molar-refractivity contribution in [3.63, 3.8) is 0 Å². The Labute approximate surface area is 122 Å². The number of nitrogens with zero attached hydrogens (tertiary/aromatic N) is 1. The molecule has 1 fully saturated rings. The fourth-order valence-electron chi connectivity index (χ4n) is 2.46. The molecule has 1 amide bonds. The molecule has 1 aromatic carbocycles. The quantitative estimate of drug-likeness (QED) is 0.682. The van der Waals surface area contributed by atoms with Crippen LogP contribution in [0.3, 0.4) is 0 Å². The maximum atomic E-state index is 13.4. The van der Waals surface area contributed by atoms with Gasteiger partial charge >= 0.3 is 5.97 Å². The van der Waals surface area contributed by atoms with E-state index in [0.717, 1.165) is 12.5 Å². The normalized spacial score (nSPS) is 18.4. The molecule has 1 heterocycles. The van der Waals surface area contributed by atoms with Gasteiger partial charge < -0.3 is 15.4 Å². The minimum Gasteiger partial charge on any atom is -0.466 e. The van der Waals surface area contributed by atoms with Crippen LogP contribution in [0.25, 0.3) is 0 Å². The van der Waals surface area contributed by atoms with E-state index in [2.05, 4.69) is 0 Å². The lowest BCUT2D eigenvalue weighted by atomic mass is 9.97. The van der Waals surface area contributed by atoms with E-state index >= 15 is 0 Å². The molecule has 0 radical (unpaired) electrons. The van der Waals surface area contributed by atoms with Crippen molar-refractivity contribution in [3.8, 4) is 0 Å². The Kier molecular flexibility index (Phi) is 4.77. The minimum atomic E-state index is -0.611. The molecule has 1 aliphatic heterocycles. The van der Waals surface area contributed by atoms with Crippen LogP contribution in [-0.2, 0) is 9.53 Å². The van der Waals surface area contributed by atoms with Crippen molar-refractivity contribution in [1.29, 1.82) is 0 Å². The van der Waals surface area contributed by atoms with Crippen LogP contribution in [0.1, 0.15) is 30.1 Å². The van der Waals surface area contributed by atoms with Gasteiger partial charge in [0.25, 0.3) is 5.91 Å². The lowest BCUT2D eigenvalue weighted by Crippen LogP contribution is -2.42. The molecule has 0 bridgehead atoms. The van der Waals surface area contributed by atoms with Crippen molar-refractivity contribution in [1.82, 2.24) is 4.90 Å². The zero-order chi connectivity index (χ0) is 15.4. The largest absolute Gasteiger partial charge is 0.466 e.